The maximum Gasteiger partial charge on any atom is 0.266 e. The minimum atomic E-state index is -1.61. The van der Waals surface area contributed by atoms with Crippen LogP contribution in [0.3, 0.4) is 0 Å². The summed E-state index contributed by atoms with van der Waals surface area (Å²) >= 11 is 54.5. The number of phenolic OH excluding ortho intramolecular Hbond substituents is 8. The lowest BCUT2D eigenvalue weighted by Crippen LogP contribution is -3.00. The number of hydrogen-bond acceptors (Lipinski definition) is 8. The minimum absolute atomic E-state index is 0. The van der Waals surface area contributed by atoms with Crippen molar-refractivity contribution in [1.82, 2.24) is 0 Å². The molecule has 0 amide bonds. The summed E-state index contributed by atoms with van der Waals surface area (Å²) in [7, 11) is 0. The summed E-state index contributed by atoms with van der Waals surface area (Å²) < 4.78 is -4.15. The molecule has 0 aromatic heterocycles. The molecule has 16 N–H and O–H groups in total. The minimum Gasteiger partial charge on any atom is -1.00 e. The molecule has 8 aromatic carbocycles. The number of nitrogens with two attached hydrogens (primary N) is 4. The van der Waals surface area contributed by atoms with Crippen molar-refractivity contribution in [3.8, 4) is 46.0 Å². The lowest BCUT2D eigenvalue weighted by Gasteiger charge is -2.31. The molecule has 568 valence electrons. The molecule has 8 aromatic rings. The summed E-state index contributed by atoms with van der Waals surface area (Å²) in [4.78, 5) is 0. The SMILES string of the molecule is CCCC1c2cc(c(O)c(C[NH2+]Cc3ccccc3)c2O)C(CCC)c2cc(c(O)c(C[NH2+]Cc3ccccc3)c2O)C(CCC)c2cc(c(O)c(C[NH2+]Cc3ccccc3)c2O)C(CCC)c2cc1c(O)c(C[NH2+]Cc1ccccc1)c2O.ClC(Cl)(Cl)Br.ClC(Cl)(Cl)Br.ClC(Cl)(Cl)Cl.[Br-].[Br-].[Br-].[Br-]. The van der Waals surface area contributed by atoms with Crippen molar-refractivity contribution in [2.75, 3.05) is 0 Å². The summed E-state index contributed by atoms with van der Waals surface area (Å²) in [6.45, 7) is 11.3. The fraction of sp³-hybridized carbons (Fsp3) is 0.360. The second-order valence-electron chi connectivity index (χ2n) is 24.3. The smallest absolute Gasteiger partial charge is 0.266 e. The first kappa shape index (κ1) is 96.9. The van der Waals surface area contributed by atoms with Gasteiger partial charge >= 0.3 is 0 Å². The third kappa shape index (κ3) is 30.2. The van der Waals surface area contributed by atoms with Crippen molar-refractivity contribution in [1.29, 1.82) is 0 Å². The molecular weight excluding hydrogens is 1920 g/mol. The molecule has 0 atom stereocenters. The predicted octanol–water partition coefficient (Wildman–Crippen LogP) is 6.41. The van der Waals surface area contributed by atoms with Crippen LogP contribution in [0.5, 0.6) is 46.0 Å². The Balaban J connectivity index is 0.00000172. The molecule has 12 nitrogen and oxygen atoms in total. The normalized spacial score (nSPS) is 14.6. The van der Waals surface area contributed by atoms with E-state index in [0.29, 0.717) is 144 Å². The summed E-state index contributed by atoms with van der Waals surface area (Å²) in [6, 6.07) is 47.5. The molecule has 0 fully saturated rings. The van der Waals surface area contributed by atoms with Crippen LogP contribution in [-0.4, -0.2) is 49.5 Å². The van der Waals surface area contributed by atoms with Gasteiger partial charge in [-0.05, 0) is 81.8 Å². The first-order valence-corrected chi connectivity index (χ1v) is 38.2. The number of fused-ring (bicyclic) bond motifs is 8. The zero-order valence-corrected chi connectivity index (χ0v) is 74.0. The monoisotopic (exact) mass is 2000 g/mol. The van der Waals surface area contributed by atoms with Crippen LogP contribution < -0.4 is 89.2 Å². The van der Waals surface area contributed by atoms with Gasteiger partial charge in [0.25, 0.3) is 3.25 Å². The van der Waals surface area contributed by atoms with Gasteiger partial charge < -0.3 is 130 Å². The number of alkyl halides is 12. The molecule has 0 heterocycles. The van der Waals surface area contributed by atoms with Gasteiger partial charge in [-0.25, -0.2) is 0 Å². The van der Waals surface area contributed by atoms with Gasteiger partial charge in [0.1, 0.15) is 98.4 Å². The summed E-state index contributed by atoms with van der Waals surface area (Å²) in [5, 5.41) is 112. The van der Waals surface area contributed by atoms with E-state index in [1.165, 1.54) is 0 Å². The van der Waals surface area contributed by atoms with Gasteiger partial charge in [0, 0.05) is 90.4 Å². The molecule has 8 bridgehead atoms. The van der Waals surface area contributed by atoms with E-state index >= 15 is 0 Å². The van der Waals surface area contributed by atoms with E-state index in [1.807, 2.05) is 167 Å². The first-order valence-electron chi connectivity index (χ1n) is 32.9. The standard InChI is InChI=1S/C72H84N4O8.2CBrCl3.CCl4.4BrH/c1-5-21-49-53-33-55(67(79)61(65(53)77)41-73-37-45-25-13-9-14-26-45)50(22-6-2)57-35-59(71(83)63(69(57)81)43-75-39-47-29-17-11-18-30-47)52(24-8-4)60-36-58(70(82)64(72(60)84)44-76-40-48-31-19-12-20-32-48)51(23-7-3)56-34-54(49)66(78)62(68(56)80)42-74-38-46-27-15-10-16-28-46;3*2-1(3,4)5;;;;/h9-20,25-36,49-52,73-84H,5-8,21-24,37-44H2,1-4H3;;;;4*1H. The number of rotatable bonds is 24. The Bertz CT molecular complexity index is 3240. The van der Waals surface area contributed by atoms with Crippen molar-refractivity contribution in [2.24, 2.45) is 0 Å². The molecule has 0 unspecified atom stereocenters. The Morgan fingerprint density at radius 1 is 0.282 bits per heavy atom. The first-order chi connectivity index (χ1) is 46.9. The average molecular weight is 2010 g/mol. The van der Waals surface area contributed by atoms with Crippen LogP contribution in [0.15, 0.2) is 146 Å². The Morgan fingerprint density at radius 2 is 0.417 bits per heavy atom. The molecular formula is C75H88Br6Cl10N4O8. The highest BCUT2D eigenvalue weighted by atomic mass is 79.9. The van der Waals surface area contributed by atoms with Crippen LogP contribution in [-0.2, 0) is 52.4 Å². The summed E-state index contributed by atoms with van der Waals surface area (Å²) in [5.41, 5.74) is 9.48. The fourth-order valence-electron chi connectivity index (χ4n) is 13.0. The Kier molecular flexibility index (Phi) is 44.3. The van der Waals surface area contributed by atoms with Crippen LogP contribution in [0.25, 0.3) is 0 Å². The van der Waals surface area contributed by atoms with Crippen LogP contribution in [0.1, 0.15) is 192 Å². The van der Waals surface area contributed by atoms with Gasteiger partial charge in [0.05, 0.1) is 22.3 Å². The van der Waals surface area contributed by atoms with E-state index in [-0.39, 0.29) is 140 Å². The van der Waals surface area contributed by atoms with Gasteiger partial charge in [-0.1, -0.05) is 291 Å². The number of hydrogen-bond donors (Lipinski definition) is 12. The lowest BCUT2D eigenvalue weighted by atomic mass is 9.75. The molecule has 103 heavy (non-hydrogen) atoms. The lowest BCUT2D eigenvalue weighted by molar-refractivity contribution is -0.686. The van der Waals surface area contributed by atoms with Crippen molar-refractivity contribution in [3.63, 3.8) is 0 Å². The van der Waals surface area contributed by atoms with Crippen LogP contribution in [0.2, 0.25) is 0 Å². The molecule has 28 heteroatoms. The van der Waals surface area contributed by atoms with Crippen molar-refractivity contribution >= 4 is 148 Å². The van der Waals surface area contributed by atoms with Gasteiger partial charge in [-0.15, -0.1) is 0 Å². The van der Waals surface area contributed by atoms with Crippen LogP contribution in [0, 0.1) is 0 Å². The third-order valence-electron chi connectivity index (χ3n) is 17.3. The van der Waals surface area contributed by atoms with Gasteiger partial charge in [-0.3, -0.25) is 0 Å². The van der Waals surface area contributed by atoms with E-state index in [2.05, 4.69) is 59.6 Å². The molecule has 0 aliphatic heterocycles. The molecule has 0 spiro atoms. The van der Waals surface area contributed by atoms with Gasteiger partial charge in [-0.2, -0.15) is 0 Å². The number of benzene rings is 8. The van der Waals surface area contributed by atoms with Crippen LogP contribution in [0.4, 0.5) is 0 Å². The highest BCUT2D eigenvalue weighted by molar-refractivity contribution is 9.11. The number of aromatic hydroxyl groups is 8. The molecule has 0 saturated heterocycles. The van der Waals surface area contributed by atoms with Crippen molar-refractivity contribution in [3.05, 3.63) is 235 Å². The van der Waals surface area contributed by atoms with Gasteiger partial charge in [0.2, 0.25) is 5.40 Å². The molecule has 1 aliphatic rings. The van der Waals surface area contributed by atoms with E-state index < -0.39 is 32.3 Å². The summed E-state index contributed by atoms with van der Waals surface area (Å²) in [6.07, 6.45) is 4.35. The van der Waals surface area contributed by atoms with Crippen LogP contribution >= 0.6 is 148 Å². The highest BCUT2D eigenvalue weighted by Gasteiger charge is 2.38. The van der Waals surface area contributed by atoms with E-state index in [1.54, 1.807) is 0 Å². The number of halogens is 16. The molecule has 9 rings (SSSR count). The van der Waals surface area contributed by atoms with Crippen molar-refractivity contribution in [2.45, 2.75) is 164 Å². The summed E-state index contributed by atoms with van der Waals surface area (Å²) in [5.74, 6) is -3.51. The zero-order valence-electron chi connectivity index (χ0n) is 56.9. The maximum absolute atomic E-state index is 13.0. The molecule has 0 radical (unpaired) electrons. The van der Waals surface area contributed by atoms with Gasteiger partial charge in [0.15, 0.2) is 0 Å². The Morgan fingerprint density at radius 3 is 0.544 bits per heavy atom. The third-order valence-corrected chi connectivity index (χ3v) is 17.3. The Labute approximate surface area is 714 Å². The fourth-order valence-corrected chi connectivity index (χ4v) is 13.0. The number of phenols is 8. The van der Waals surface area contributed by atoms with E-state index in [9.17, 15) is 40.9 Å². The molecule has 1 aliphatic carbocycles. The Hall–Kier alpha value is -2.22. The predicted molar refractivity (Wildman–Crippen MR) is 414 cm³/mol. The molecule has 0 saturated carbocycles. The topological polar surface area (TPSA) is 228 Å². The largest absolute Gasteiger partial charge is 1.00 e. The quantitative estimate of drug-likeness (QED) is 0.0302. The maximum atomic E-state index is 13.0. The van der Waals surface area contributed by atoms with E-state index in [4.69, 9.17) is 116 Å². The van der Waals surface area contributed by atoms with E-state index in [0.717, 1.165) is 22.3 Å². The average Bonchev–Trinajstić information content (AvgIpc) is 0.740. The highest BCUT2D eigenvalue weighted by Crippen LogP contribution is 2.55. The zero-order chi connectivity index (χ0) is 72.8. The second-order valence-corrected chi connectivity index (χ2v) is 37.4. The number of quaternary nitrogens is 4. The van der Waals surface area contributed by atoms with Crippen molar-refractivity contribution < 1.29 is 130 Å². The second kappa shape index (κ2) is 47.1.